The molecule has 0 atom stereocenters. The fraction of sp³-hybridized carbons (Fsp3) is 0.833. The quantitative estimate of drug-likeness (QED) is 0.545. The van der Waals surface area contributed by atoms with Crippen molar-refractivity contribution in [3.63, 3.8) is 0 Å². The lowest BCUT2D eigenvalue weighted by atomic mass is 10.1. The van der Waals surface area contributed by atoms with Crippen molar-refractivity contribution in [1.29, 1.82) is 0 Å². The number of hydrogen-bond donors (Lipinski definition) is 0. The summed E-state index contributed by atoms with van der Waals surface area (Å²) < 4.78 is 5.36. The predicted molar refractivity (Wildman–Crippen MR) is 60.9 cm³/mol. The Hall–Kier alpha value is -1.06. The van der Waals surface area contributed by atoms with E-state index in [0.29, 0.717) is 0 Å². The minimum atomic E-state index is -0.287. The van der Waals surface area contributed by atoms with Gasteiger partial charge in [0.2, 0.25) is 5.91 Å². The van der Waals surface area contributed by atoms with Crippen LogP contribution in [0.4, 0.5) is 0 Å². The van der Waals surface area contributed by atoms with Gasteiger partial charge in [0.15, 0.2) is 0 Å². The molecule has 92 valence electrons. The van der Waals surface area contributed by atoms with Crippen molar-refractivity contribution < 1.29 is 14.3 Å². The van der Waals surface area contributed by atoms with Gasteiger partial charge in [0.05, 0.1) is 0 Å². The minimum Gasteiger partial charge on any atom is -0.461 e. The second-order valence-corrected chi connectivity index (χ2v) is 4.48. The molecule has 0 saturated heterocycles. The fourth-order valence-electron chi connectivity index (χ4n) is 1.89. The van der Waals surface area contributed by atoms with E-state index in [0.717, 1.165) is 25.7 Å². The maximum atomic E-state index is 11.5. The summed E-state index contributed by atoms with van der Waals surface area (Å²) in [5.74, 6) is -0.401. The average molecular weight is 227 g/mol. The van der Waals surface area contributed by atoms with E-state index in [1.54, 1.807) is 7.05 Å². The van der Waals surface area contributed by atoms with Crippen LogP contribution in [0.25, 0.3) is 0 Å². The number of nitrogens with zero attached hydrogens (tertiary/aromatic N) is 1. The van der Waals surface area contributed by atoms with Gasteiger partial charge in [-0.1, -0.05) is 12.8 Å². The first kappa shape index (κ1) is 13.0. The normalized spacial score (nSPS) is 17.6. The topological polar surface area (TPSA) is 46.6 Å². The molecule has 1 fully saturated rings. The van der Waals surface area contributed by atoms with Crippen molar-refractivity contribution >= 4 is 11.9 Å². The molecule has 0 bridgehead atoms. The third-order valence-electron chi connectivity index (χ3n) is 3.00. The maximum Gasteiger partial charge on any atom is 0.325 e. The van der Waals surface area contributed by atoms with Crippen LogP contribution >= 0.6 is 0 Å². The van der Waals surface area contributed by atoms with Crippen LogP contribution in [0.1, 0.15) is 45.4 Å². The Morgan fingerprint density at radius 1 is 1.19 bits per heavy atom. The molecule has 0 spiro atoms. The number of carbonyl (C=O) groups excluding carboxylic acids is 2. The molecule has 0 N–H and O–H groups in total. The molecule has 0 unspecified atom stereocenters. The Morgan fingerprint density at radius 3 is 2.25 bits per heavy atom. The molecule has 1 rings (SSSR count). The molecule has 0 heterocycles. The molecule has 0 aromatic rings. The van der Waals surface area contributed by atoms with Crippen molar-refractivity contribution in [2.75, 3.05) is 13.6 Å². The van der Waals surface area contributed by atoms with Crippen LogP contribution in [0.5, 0.6) is 0 Å². The van der Waals surface area contributed by atoms with Gasteiger partial charge in [0.25, 0.3) is 0 Å². The SMILES string of the molecule is CC(=O)N(C)CC(=O)OC1CCCCCC1. The summed E-state index contributed by atoms with van der Waals surface area (Å²) >= 11 is 0. The summed E-state index contributed by atoms with van der Waals surface area (Å²) in [7, 11) is 1.61. The van der Waals surface area contributed by atoms with Crippen LogP contribution in [0.2, 0.25) is 0 Å². The molecule has 1 aliphatic rings. The highest BCUT2D eigenvalue weighted by Gasteiger charge is 2.18. The summed E-state index contributed by atoms with van der Waals surface area (Å²) in [5, 5.41) is 0. The third-order valence-corrected chi connectivity index (χ3v) is 3.00. The molecular weight excluding hydrogens is 206 g/mol. The first-order valence-corrected chi connectivity index (χ1v) is 6.01. The van der Waals surface area contributed by atoms with Crippen LogP contribution in [0.3, 0.4) is 0 Å². The Balaban J connectivity index is 2.29. The van der Waals surface area contributed by atoms with Crippen molar-refractivity contribution in [3.05, 3.63) is 0 Å². The van der Waals surface area contributed by atoms with E-state index in [2.05, 4.69) is 0 Å². The number of amides is 1. The first-order valence-electron chi connectivity index (χ1n) is 6.01. The lowest BCUT2D eigenvalue weighted by Crippen LogP contribution is -2.33. The molecule has 4 nitrogen and oxygen atoms in total. The second kappa shape index (κ2) is 6.51. The van der Waals surface area contributed by atoms with E-state index in [1.165, 1.54) is 24.7 Å². The molecular formula is C12H21NO3. The summed E-state index contributed by atoms with van der Waals surface area (Å²) in [6.45, 7) is 1.50. The zero-order valence-corrected chi connectivity index (χ0v) is 10.2. The molecule has 1 saturated carbocycles. The van der Waals surface area contributed by atoms with Gasteiger partial charge in [0.1, 0.15) is 12.6 Å². The molecule has 1 aliphatic carbocycles. The lowest BCUT2D eigenvalue weighted by Gasteiger charge is -2.18. The number of hydrogen-bond acceptors (Lipinski definition) is 3. The van der Waals surface area contributed by atoms with Crippen LogP contribution in [0, 0.1) is 0 Å². The fourth-order valence-corrected chi connectivity index (χ4v) is 1.89. The van der Waals surface area contributed by atoms with Gasteiger partial charge in [-0.2, -0.15) is 0 Å². The highest BCUT2D eigenvalue weighted by atomic mass is 16.5. The maximum absolute atomic E-state index is 11.5. The van der Waals surface area contributed by atoms with Gasteiger partial charge in [-0.25, -0.2) is 0 Å². The Kier molecular flexibility index (Phi) is 5.29. The number of ether oxygens (including phenoxy) is 1. The lowest BCUT2D eigenvalue weighted by molar-refractivity contribution is -0.153. The zero-order chi connectivity index (χ0) is 12.0. The molecule has 4 heteroatoms. The van der Waals surface area contributed by atoms with E-state index in [4.69, 9.17) is 4.74 Å². The summed E-state index contributed by atoms with van der Waals surface area (Å²) in [6.07, 6.45) is 6.75. The zero-order valence-electron chi connectivity index (χ0n) is 10.2. The van der Waals surface area contributed by atoms with Gasteiger partial charge in [-0.3, -0.25) is 9.59 Å². The Labute approximate surface area is 96.9 Å². The van der Waals surface area contributed by atoms with Gasteiger partial charge in [-0.05, 0) is 25.7 Å². The van der Waals surface area contributed by atoms with Crippen molar-refractivity contribution in [1.82, 2.24) is 4.90 Å². The monoisotopic (exact) mass is 227 g/mol. The number of esters is 1. The summed E-state index contributed by atoms with van der Waals surface area (Å²) in [5.41, 5.74) is 0. The molecule has 16 heavy (non-hydrogen) atoms. The van der Waals surface area contributed by atoms with Crippen LogP contribution in [-0.2, 0) is 14.3 Å². The highest BCUT2D eigenvalue weighted by Crippen LogP contribution is 2.19. The van der Waals surface area contributed by atoms with Crippen LogP contribution in [0.15, 0.2) is 0 Å². The molecule has 0 aromatic carbocycles. The number of rotatable bonds is 3. The number of carbonyl (C=O) groups is 2. The minimum absolute atomic E-state index is 0.0613. The molecule has 0 aromatic heterocycles. The largest absolute Gasteiger partial charge is 0.461 e. The van der Waals surface area contributed by atoms with Crippen molar-refractivity contribution in [2.45, 2.75) is 51.6 Å². The van der Waals surface area contributed by atoms with Crippen LogP contribution in [-0.4, -0.2) is 36.5 Å². The molecule has 0 radical (unpaired) electrons. The van der Waals surface area contributed by atoms with Crippen molar-refractivity contribution in [2.24, 2.45) is 0 Å². The van der Waals surface area contributed by atoms with E-state index in [9.17, 15) is 9.59 Å². The van der Waals surface area contributed by atoms with E-state index in [1.807, 2.05) is 0 Å². The standard InChI is InChI=1S/C12H21NO3/c1-10(14)13(2)9-12(15)16-11-7-5-3-4-6-8-11/h11H,3-9H2,1-2H3. The predicted octanol–water partition coefficient (Wildman–Crippen LogP) is 1.73. The second-order valence-electron chi connectivity index (χ2n) is 4.48. The molecule has 0 aliphatic heterocycles. The number of likely N-dealkylation sites (N-methyl/N-ethyl adjacent to an activating group) is 1. The Morgan fingerprint density at radius 2 is 1.75 bits per heavy atom. The van der Waals surface area contributed by atoms with Gasteiger partial charge < -0.3 is 9.64 Å². The van der Waals surface area contributed by atoms with Crippen molar-refractivity contribution in [3.8, 4) is 0 Å². The Bertz CT molecular complexity index is 245. The van der Waals surface area contributed by atoms with Crippen LogP contribution < -0.4 is 0 Å². The van der Waals surface area contributed by atoms with Gasteiger partial charge >= 0.3 is 5.97 Å². The van der Waals surface area contributed by atoms with Gasteiger partial charge in [0, 0.05) is 14.0 Å². The average Bonchev–Trinajstić information content (AvgIpc) is 2.45. The summed E-state index contributed by atoms with van der Waals surface area (Å²) in [4.78, 5) is 23.8. The van der Waals surface area contributed by atoms with E-state index < -0.39 is 0 Å². The van der Waals surface area contributed by atoms with E-state index in [-0.39, 0.29) is 24.5 Å². The highest BCUT2D eigenvalue weighted by molar-refractivity contribution is 5.80. The van der Waals surface area contributed by atoms with E-state index >= 15 is 0 Å². The molecule has 1 amide bonds. The summed E-state index contributed by atoms with van der Waals surface area (Å²) in [6, 6.07) is 0. The third kappa shape index (κ3) is 4.64. The first-order chi connectivity index (χ1) is 7.59. The smallest absolute Gasteiger partial charge is 0.325 e. The van der Waals surface area contributed by atoms with Gasteiger partial charge in [-0.15, -0.1) is 0 Å².